The van der Waals surface area contributed by atoms with E-state index in [1.54, 1.807) is 0 Å². The number of nitro groups is 1. The van der Waals surface area contributed by atoms with E-state index in [2.05, 4.69) is 9.15 Å². The lowest BCUT2D eigenvalue weighted by Crippen LogP contribution is -1.87. The predicted molar refractivity (Wildman–Crippen MR) is 35.8 cm³/mol. The van der Waals surface area contributed by atoms with Crippen LogP contribution in [0.1, 0.15) is 5.76 Å². The molecule has 6 heteroatoms. The van der Waals surface area contributed by atoms with Crippen molar-refractivity contribution in [1.29, 1.82) is 0 Å². The van der Waals surface area contributed by atoms with Gasteiger partial charge in [0.15, 0.2) is 0 Å². The van der Waals surface area contributed by atoms with Gasteiger partial charge in [-0.15, -0.1) is 0 Å². The van der Waals surface area contributed by atoms with Gasteiger partial charge in [-0.2, -0.15) is 0 Å². The first-order valence-electron chi connectivity index (χ1n) is 2.96. The Kier molecular flexibility index (Phi) is 2.42. The Balaban J connectivity index is 2.64. The highest BCUT2D eigenvalue weighted by molar-refractivity contribution is 5.38. The maximum absolute atomic E-state index is 10.1. The van der Waals surface area contributed by atoms with Gasteiger partial charge in [0.25, 0.3) is 0 Å². The molecule has 1 aromatic heterocycles. The van der Waals surface area contributed by atoms with Gasteiger partial charge in [0.1, 0.15) is 17.3 Å². The summed E-state index contributed by atoms with van der Waals surface area (Å²) in [6.07, 6.45) is 0. The van der Waals surface area contributed by atoms with Gasteiger partial charge in [-0.25, -0.2) is 4.79 Å². The van der Waals surface area contributed by atoms with Gasteiger partial charge in [-0.05, 0) is 6.07 Å². The van der Waals surface area contributed by atoms with Crippen molar-refractivity contribution in [1.82, 2.24) is 0 Å². The number of carbonyl (C=O) groups excluding carboxylic acids is 1. The van der Waals surface area contributed by atoms with Crippen molar-refractivity contribution in [2.24, 2.45) is 0 Å². The second-order valence-electron chi connectivity index (χ2n) is 1.87. The van der Waals surface area contributed by atoms with E-state index in [0.717, 1.165) is 0 Å². The predicted octanol–water partition coefficient (Wildman–Crippen LogP) is 0.772. The summed E-state index contributed by atoms with van der Waals surface area (Å²) in [5.41, 5.74) is 0. The Hall–Kier alpha value is -1.85. The van der Waals surface area contributed by atoms with Gasteiger partial charge in [0, 0.05) is 0 Å². The van der Waals surface area contributed by atoms with Gasteiger partial charge in [0.05, 0.1) is 6.07 Å². The molecule has 0 aromatic carbocycles. The zero-order valence-electron chi connectivity index (χ0n) is 5.85. The standard InChI is InChI=1S/C6H4NO5/c8-4-11-3-5-1-2-6(12-5)7(9)10/h1-2H,3H2. The van der Waals surface area contributed by atoms with Crippen LogP contribution in [0.15, 0.2) is 16.5 Å². The summed E-state index contributed by atoms with van der Waals surface area (Å²) in [5, 5.41) is 10.1. The number of ether oxygens (including phenoxy) is 1. The largest absolute Gasteiger partial charge is 0.449 e. The highest BCUT2D eigenvalue weighted by Crippen LogP contribution is 2.15. The highest BCUT2D eigenvalue weighted by atomic mass is 16.6. The molecule has 0 aliphatic rings. The normalized spacial score (nSPS) is 9.33. The minimum absolute atomic E-state index is 0.142. The third-order valence-corrected chi connectivity index (χ3v) is 1.10. The molecule has 0 fully saturated rings. The smallest absolute Gasteiger partial charge is 0.433 e. The number of nitrogens with zero attached hydrogens (tertiary/aromatic N) is 1. The number of rotatable bonds is 4. The molecule has 0 unspecified atom stereocenters. The Labute approximate surface area is 66.9 Å². The second kappa shape index (κ2) is 3.51. The number of furan rings is 1. The zero-order valence-corrected chi connectivity index (χ0v) is 5.85. The van der Waals surface area contributed by atoms with Gasteiger partial charge in [0.2, 0.25) is 0 Å². The van der Waals surface area contributed by atoms with Crippen molar-refractivity contribution >= 4 is 12.4 Å². The molecule has 1 rings (SSSR count). The first-order chi connectivity index (χ1) is 5.74. The van der Waals surface area contributed by atoms with Crippen LogP contribution in [0.4, 0.5) is 5.88 Å². The molecule has 0 amide bonds. The van der Waals surface area contributed by atoms with E-state index < -0.39 is 4.92 Å². The maximum Gasteiger partial charge on any atom is 0.433 e. The summed E-state index contributed by atoms with van der Waals surface area (Å²) in [7, 11) is 0. The average molecular weight is 170 g/mol. The lowest BCUT2D eigenvalue weighted by Gasteiger charge is -1.89. The monoisotopic (exact) mass is 170 g/mol. The summed E-state index contributed by atoms with van der Waals surface area (Å²) in [4.78, 5) is 19.0. The number of hydrogen-bond donors (Lipinski definition) is 0. The van der Waals surface area contributed by atoms with Crippen molar-refractivity contribution in [2.75, 3.05) is 0 Å². The van der Waals surface area contributed by atoms with Crippen LogP contribution in [0.3, 0.4) is 0 Å². The quantitative estimate of drug-likeness (QED) is 0.492. The van der Waals surface area contributed by atoms with E-state index in [9.17, 15) is 14.9 Å². The molecule has 0 atom stereocenters. The first-order valence-corrected chi connectivity index (χ1v) is 2.96. The van der Waals surface area contributed by atoms with Crippen LogP contribution < -0.4 is 0 Å². The third kappa shape index (κ3) is 1.82. The lowest BCUT2D eigenvalue weighted by atomic mass is 10.5. The van der Waals surface area contributed by atoms with E-state index in [4.69, 9.17) is 0 Å². The molecule has 6 nitrogen and oxygen atoms in total. The summed E-state index contributed by atoms with van der Waals surface area (Å²) in [6, 6.07) is 2.54. The Morgan fingerprint density at radius 1 is 1.67 bits per heavy atom. The summed E-state index contributed by atoms with van der Waals surface area (Å²) in [5.74, 6) is -0.162. The van der Waals surface area contributed by atoms with Crippen LogP contribution in [0.5, 0.6) is 0 Å². The van der Waals surface area contributed by atoms with E-state index in [1.165, 1.54) is 18.6 Å². The first kappa shape index (κ1) is 8.25. The molecule has 0 spiro atoms. The average Bonchev–Trinajstić information content (AvgIpc) is 2.48. The fourth-order valence-corrected chi connectivity index (χ4v) is 0.643. The molecule has 1 heterocycles. The molecule has 1 radical (unpaired) electrons. The molecule has 1 aromatic rings. The summed E-state index contributed by atoms with van der Waals surface area (Å²) >= 11 is 0. The molecule has 0 aliphatic heterocycles. The van der Waals surface area contributed by atoms with Crippen LogP contribution in [-0.4, -0.2) is 11.4 Å². The molecule has 0 N–H and O–H groups in total. The minimum atomic E-state index is -0.672. The van der Waals surface area contributed by atoms with Gasteiger partial charge in [-0.3, -0.25) is 10.1 Å². The zero-order chi connectivity index (χ0) is 8.97. The van der Waals surface area contributed by atoms with Crippen LogP contribution in [0.25, 0.3) is 0 Å². The molecule has 0 saturated heterocycles. The molecular formula is C6H4NO5. The van der Waals surface area contributed by atoms with Crippen LogP contribution in [0, 0.1) is 10.1 Å². The Morgan fingerprint density at radius 2 is 2.42 bits per heavy atom. The summed E-state index contributed by atoms with van der Waals surface area (Å²) in [6.45, 7) is 1.03. The van der Waals surface area contributed by atoms with E-state index in [0.29, 0.717) is 0 Å². The topological polar surface area (TPSA) is 82.6 Å². The SMILES string of the molecule is O=[C]OCc1ccc([N+](=O)[O-])o1. The van der Waals surface area contributed by atoms with Crippen molar-refractivity contribution in [3.63, 3.8) is 0 Å². The van der Waals surface area contributed by atoms with E-state index >= 15 is 0 Å². The van der Waals surface area contributed by atoms with Crippen molar-refractivity contribution in [3.05, 3.63) is 28.0 Å². The molecule has 12 heavy (non-hydrogen) atoms. The Bertz CT molecular complexity index is 292. The molecular weight excluding hydrogens is 166 g/mol. The maximum atomic E-state index is 10.1. The van der Waals surface area contributed by atoms with Gasteiger partial charge < -0.3 is 9.15 Å². The lowest BCUT2D eigenvalue weighted by molar-refractivity contribution is -0.402. The summed E-state index contributed by atoms with van der Waals surface area (Å²) < 4.78 is 8.83. The number of hydrogen-bond acceptors (Lipinski definition) is 5. The van der Waals surface area contributed by atoms with Gasteiger partial charge >= 0.3 is 12.4 Å². The highest BCUT2D eigenvalue weighted by Gasteiger charge is 2.11. The fourth-order valence-electron chi connectivity index (χ4n) is 0.643. The Morgan fingerprint density at radius 3 is 2.92 bits per heavy atom. The second-order valence-corrected chi connectivity index (χ2v) is 1.87. The van der Waals surface area contributed by atoms with Crippen molar-refractivity contribution in [2.45, 2.75) is 6.61 Å². The van der Waals surface area contributed by atoms with Crippen molar-refractivity contribution in [3.8, 4) is 0 Å². The van der Waals surface area contributed by atoms with Crippen LogP contribution in [0.2, 0.25) is 0 Å². The minimum Gasteiger partial charge on any atom is -0.449 e. The van der Waals surface area contributed by atoms with Crippen LogP contribution in [-0.2, 0) is 16.1 Å². The molecule has 0 aliphatic carbocycles. The van der Waals surface area contributed by atoms with Crippen molar-refractivity contribution < 1.29 is 18.9 Å². The van der Waals surface area contributed by atoms with Crippen LogP contribution >= 0.6 is 0 Å². The van der Waals surface area contributed by atoms with E-state index in [-0.39, 0.29) is 18.3 Å². The van der Waals surface area contributed by atoms with Gasteiger partial charge in [-0.1, -0.05) is 0 Å². The molecule has 0 saturated carbocycles. The third-order valence-electron chi connectivity index (χ3n) is 1.10. The van der Waals surface area contributed by atoms with E-state index in [1.807, 2.05) is 0 Å². The molecule has 63 valence electrons. The molecule has 0 bridgehead atoms. The fraction of sp³-hybridized carbons (Fsp3) is 0.167.